The van der Waals surface area contributed by atoms with Crippen LogP contribution in [0.2, 0.25) is 0 Å². The Kier molecular flexibility index (Phi) is 10.7. The predicted molar refractivity (Wildman–Crippen MR) is 140 cm³/mol. The number of halogens is 2. The Hall–Kier alpha value is -3.61. The van der Waals surface area contributed by atoms with E-state index >= 15 is 4.39 Å². The summed E-state index contributed by atoms with van der Waals surface area (Å²) in [6.45, 7) is 9.28. The van der Waals surface area contributed by atoms with Crippen LogP contribution in [0.25, 0.3) is 0 Å². The molecule has 1 aromatic carbocycles. The Bertz CT molecular complexity index is 1380. The number of piperidine rings is 1. The number of benzene rings is 1. The van der Waals surface area contributed by atoms with Gasteiger partial charge in [0.05, 0.1) is 0 Å². The van der Waals surface area contributed by atoms with Gasteiger partial charge in [-0.05, 0) is 63.8 Å². The third-order valence-corrected chi connectivity index (χ3v) is 7.70. The molecule has 0 radical (unpaired) electrons. The normalized spacial score (nSPS) is 17.4. The maximum absolute atomic E-state index is 15.3. The fourth-order valence-corrected chi connectivity index (χ4v) is 5.75. The van der Waals surface area contributed by atoms with Crippen LogP contribution in [0.15, 0.2) is 29.3 Å². The first kappa shape index (κ1) is 32.6. The molecule has 1 aromatic heterocycles. The monoisotopic (exact) mass is 584 g/mol. The van der Waals surface area contributed by atoms with Gasteiger partial charge in [-0.2, -0.15) is 9.59 Å². The summed E-state index contributed by atoms with van der Waals surface area (Å²) < 4.78 is 64.3. The van der Waals surface area contributed by atoms with Crippen molar-refractivity contribution in [1.29, 1.82) is 0 Å². The first-order valence-electron chi connectivity index (χ1n) is 12.5. The smallest absolute Gasteiger partial charge is 0.410 e. The quantitative estimate of drug-likeness (QED) is 0.528. The Morgan fingerprint density at radius 3 is 2.38 bits per heavy atom. The molecule has 0 bridgehead atoms. The number of nitrogens with one attached hydrogen (secondary N) is 2. The largest absolute Gasteiger partial charge is 0.444 e. The number of carbonyl (C=O) groups excluding carboxylic acids is 4. The van der Waals surface area contributed by atoms with Gasteiger partial charge in [-0.15, -0.1) is 0 Å². The molecule has 3 rings (SSSR count). The summed E-state index contributed by atoms with van der Waals surface area (Å²) in [7, 11) is -2.97. The SMILES string of the molecule is CCC1CN(C(=O)OC(C)(C)C)CCC1NS(=O)(=O)c1cn(C)c(C(=O)Nc2ccc(F)c(C)c2)c1F.O=C=O. The van der Waals surface area contributed by atoms with E-state index < -0.39 is 55.9 Å². The lowest BCUT2D eigenvalue weighted by Gasteiger charge is -2.38. The van der Waals surface area contributed by atoms with Crippen LogP contribution in [0.4, 0.5) is 19.3 Å². The summed E-state index contributed by atoms with van der Waals surface area (Å²) in [5.41, 5.74) is -0.591. The Morgan fingerprint density at radius 1 is 1.20 bits per heavy atom. The predicted octanol–water partition coefficient (Wildman–Crippen LogP) is 3.59. The van der Waals surface area contributed by atoms with Crippen LogP contribution in [0.1, 0.15) is 56.6 Å². The topological polar surface area (TPSA) is 144 Å². The number of ether oxygens (including phenoxy) is 1. The average Bonchev–Trinajstić information content (AvgIpc) is 3.15. The molecule has 2 amide bonds. The number of rotatable bonds is 6. The van der Waals surface area contributed by atoms with E-state index in [1.807, 2.05) is 6.92 Å². The standard InChI is InChI=1S/C25H34F2N4O5S.CO2/c1-7-16-13-31(24(33)36-25(3,4)5)11-10-19(16)29-37(34,35)20-14-30(6)22(21(20)27)23(32)28-17-8-9-18(26)15(2)12-17;2-1-3/h8-9,12,14,16,19,29H,7,10-11,13H2,1-6H3,(H,28,32);. The second-order valence-electron chi connectivity index (χ2n) is 10.4. The number of nitrogens with zero attached hydrogens (tertiary/aromatic N) is 2. The molecule has 1 aliphatic heterocycles. The van der Waals surface area contributed by atoms with E-state index in [0.717, 1.165) is 10.8 Å². The summed E-state index contributed by atoms with van der Waals surface area (Å²) in [5, 5.41) is 2.47. The molecular weight excluding hydrogens is 550 g/mol. The molecular formula is C26H34F2N4O7S. The highest BCUT2D eigenvalue weighted by Crippen LogP contribution is 2.26. The van der Waals surface area contributed by atoms with Gasteiger partial charge in [0.25, 0.3) is 5.91 Å². The summed E-state index contributed by atoms with van der Waals surface area (Å²) in [4.78, 5) is 42.4. The van der Waals surface area contributed by atoms with Crippen molar-refractivity contribution in [1.82, 2.24) is 14.2 Å². The van der Waals surface area contributed by atoms with Crippen LogP contribution >= 0.6 is 0 Å². The molecule has 14 heteroatoms. The van der Waals surface area contributed by atoms with Gasteiger partial charge in [0.1, 0.15) is 22.0 Å². The molecule has 2 N–H and O–H groups in total. The van der Waals surface area contributed by atoms with Crippen molar-refractivity contribution >= 4 is 33.9 Å². The molecule has 1 aliphatic rings. The van der Waals surface area contributed by atoms with E-state index in [2.05, 4.69) is 10.0 Å². The molecule has 2 heterocycles. The van der Waals surface area contributed by atoms with Gasteiger partial charge in [-0.1, -0.05) is 13.3 Å². The van der Waals surface area contributed by atoms with Crippen molar-refractivity contribution in [2.45, 2.75) is 64.0 Å². The Balaban J connectivity index is 0.00000178. The van der Waals surface area contributed by atoms with Gasteiger partial charge in [-0.25, -0.2) is 26.7 Å². The van der Waals surface area contributed by atoms with Crippen LogP contribution in [0, 0.1) is 24.5 Å². The molecule has 11 nitrogen and oxygen atoms in total. The lowest BCUT2D eigenvalue weighted by Crippen LogP contribution is -2.53. The van der Waals surface area contributed by atoms with Gasteiger partial charge in [0.15, 0.2) is 5.82 Å². The highest BCUT2D eigenvalue weighted by molar-refractivity contribution is 7.89. The van der Waals surface area contributed by atoms with Crippen molar-refractivity contribution in [3.05, 3.63) is 47.3 Å². The first-order chi connectivity index (χ1) is 18.5. The minimum absolute atomic E-state index is 0.215. The highest BCUT2D eigenvalue weighted by Gasteiger charge is 2.37. The minimum Gasteiger partial charge on any atom is -0.444 e. The number of likely N-dealkylation sites (tertiary alicyclic amines) is 1. The number of aryl methyl sites for hydroxylation is 2. The van der Waals surface area contributed by atoms with Crippen LogP contribution < -0.4 is 10.0 Å². The van der Waals surface area contributed by atoms with Crippen LogP contribution in [0.3, 0.4) is 0 Å². The number of anilines is 1. The highest BCUT2D eigenvalue weighted by atomic mass is 32.2. The van der Waals surface area contributed by atoms with Crippen molar-refractivity contribution < 1.29 is 41.1 Å². The summed E-state index contributed by atoms with van der Waals surface area (Å²) in [6, 6.07) is 3.36. The summed E-state index contributed by atoms with van der Waals surface area (Å²) in [6.07, 6.45) is 1.73. The van der Waals surface area contributed by atoms with E-state index in [9.17, 15) is 22.4 Å². The molecule has 0 aliphatic carbocycles. The maximum atomic E-state index is 15.3. The van der Waals surface area contributed by atoms with E-state index in [0.29, 0.717) is 24.9 Å². The van der Waals surface area contributed by atoms with E-state index in [1.165, 1.54) is 32.2 Å². The van der Waals surface area contributed by atoms with E-state index in [1.54, 1.807) is 25.7 Å². The van der Waals surface area contributed by atoms with Crippen molar-refractivity contribution in [2.75, 3.05) is 18.4 Å². The lowest BCUT2D eigenvalue weighted by atomic mass is 9.91. The second-order valence-corrected chi connectivity index (χ2v) is 12.1. The van der Waals surface area contributed by atoms with Crippen LogP contribution in [-0.4, -0.2) is 60.8 Å². The molecule has 1 saturated heterocycles. The lowest BCUT2D eigenvalue weighted by molar-refractivity contribution is -0.191. The average molecular weight is 585 g/mol. The Morgan fingerprint density at radius 2 is 1.82 bits per heavy atom. The zero-order valence-corrected chi connectivity index (χ0v) is 24.0. The van der Waals surface area contributed by atoms with Crippen LogP contribution in [-0.2, 0) is 31.4 Å². The molecule has 2 aromatic rings. The third-order valence-electron chi connectivity index (χ3n) is 6.22. The van der Waals surface area contributed by atoms with Gasteiger partial charge >= 0.3 is 12.2 Å². The fourth-order valence-electron chi connectivity index (χ4n) is 4.28. The van der Waals surface area contributed by atoms with E-state index in [4.69, 9.17) is 14.3 Å². The van der Waals surface area contributed by atoms with Crippen LogP contribution in [0.5, 0.6) is 0 Å². The number of carbonyl (C=O) groups is 2. The summed E-state index contributed by atoms with van der Waals surface area (Å²) in [5.74, 6) is -2.73. The fraction of sp³-hybridized carbons (Fsp3) is 0.500. The molecule has 2 atom stereocenters. The van der Waals surface area contributed by atoms with E-state index in [-0.39, 0.29) is 24.3 Å². The Labute approximate surface area is 231 Å². The van der Waals surface area contributed by atoms with Crippen molar-refractivity contribution in [2.24, 2.45) is 13.0 Å². The van der Waals surface area contributed by atoms with Crippen molar-refractivity contribution in [3.8, 4) is 0 Å². The van der Waals surface area contributed by atoms with Gasteiger partial charge in [-0.3, -0.25) is 4.79 Å². The molecule has 0 spiro atoms. The zero-order valence-electron chi connectivity index (χ0n) is 23.2. The number of aromatic nitrogens is 1. The van der Waals surface area contributed by atoms with Crippen molar-refractivity contribution in [3.63, 3.8) is 0 Å². The zero-order chi connectivity index (χ0) is 30.4. The van der Waals surface area contributed by atoms with Gasteiger partial charge in [0.2, 0.25) is 10.0 Å². The van der Waals surface area contributed by atoms with Gasteiger partial charge in [0, 0.05) is 38.1 Å². The number of hydrogen-bond donors (Lipinski definition) is 2. The number of hydrogen-bond acceptors (Lipinski definition) is 7. The molecule has 220 valence electrons. The number of amides is 2. The molecule has 1 fully saturated rings. The second kappa shape index (κ2) is 13.2. The maximum Gasteiger partial charge on any atom is 0.410 e. The van der Waals surface area contributed by atoms with Gasteiger partial charge < -0.3 is 19.5 Å². The minimum atomic E-state index is -4.33. The third kappa shape index (κ3) is 8.20. The molecule has 2 unspecified atom stereocenters. The first-order valence-corrected chi connectivity index (χ1v) is 13.9. The molecule has 0 saturated carbocycles. The summed E-state index contributed by atoms with van der Waals surface area (Å²) >= 11 is 0. The molecule has 40 heavy (non-hydrogen) atoms. The number of sulfonamides is 1.